The largest absolute Gasteiger partial charge is 0.354 e. The third-order valence-electron chi connectivity index (χ3n) is 6.04. The van der Waals surface area contributed by atoms with Crippen molar-refractivity contribution in [1.82, 2.24) is 20.0 Å². The van der Waals surface area contributed by atoms with Crippen molar-refractivity contribution >= 4 is 33.7 Å². The average molecular weight is 470 g/mol. The summed E-state index contributed by atoms with van der Waals surface area (Å²) in [5, 5.41) is 1.54. The Labute approximate surface area is 200 Å². The SMILES string of the molecule is CCn1c(NNC(=O)CCc2c(-c3ccc(F)cc3)[nH]c3ccccc23)nc2ccccc2c1=O. The fourth-order valence-corrected chi connectivity index (χ4v) is 4.31. The van der Waals surface area contributed by atoms with Gasteiger partial charge in [0.1, 0.15) is 5.82 Å². The van der Waals surface area contributed by atoms with Gasteiger partial charge in [0.05, 0.1) is 10.9 Å². The number of carbonyl (C=O) groups is 1. The number of anilines is 1. The highest BCUT2D eigenvalue weighted by molar-refractivity contribution is 5.91. The number of benzene rings is 3. The van der Waals surface area contributed by atoms with Gasteiger partial charge >= 0.3 is 0 Å². The van der Waals surface area contributed by atoms with Crippen molar-refractivity contribution in [3.05, 3.63) is 94.5 Å². The predicted molar refractivity (Wildman–Crippen MR) is 135 cm³/mol. The van der Waals surface area contributed by atoms with Crippen LogP contribution in [-0.2, 0) is 17.8 Å². The maximum atomic E-state index is 13.5. The molecule has 2 heterocycles. The molecule has 0 spiro atoms. The lowest BCUT2D eigenvalue weighted by Gasteiger charge is -2.14. The lowest BCUT2D eigenvalue weighted by molar-refractivity contribution is -0.120. The molecule has 7 nitrogen and oxygen atoms in total. The molecule has 2 aromatic heterocycles. The molecule has 0 saturated carbocycles. The molecule has 0 aliphatic heterocycles. The van der Waals surface area contributed by atoms with E-state index in [1.807, 2.05) is 37.3 Å². The maximum Gasteiger partial charge on any atom is 0.262 e. The molecule has 0 unspecified atom stereocenters. The van der Waals surface area contributed by atoms with Crippen LogP contribution in [-0.4, -0.2) is 20.4 Å². The predicted octanol–water partition coefficient (Wildman–Crippen LogP) is 4.78. The highest BCUT2D eigenvalue weighted by atomic mass is 19.1. The third kappa shape index (κ3) is 4.38. The zero-order valence-electron chi connectivity index (χ0n) is 19.1. The van der Waals surface area contributed by atoms with Gasteiger partial charge < -0.3 is 4.98 Å². The standard InChI is InChI=1S/C27H24FN5O2/c1-2-33-26(35)21-8-4-6-10-23(21)30-27(33)32-31-24(34)16-15-20-19-7-3-5-9-22(19)29-25(20)17-11-13-18(28)14-12-17/h3-14,29H,2,15-16H2,1H3,(H,30,32)(H,31,34). The van der Waals surface area contributed by atoms with Crippen LogP contribution < -0.4 is 16.4 Å². The van der Waals surface area contributed by atoms with Crippen LogP contribution in [0.5, 0.6) is 0 Å². The second kappa shape index (κ2) is 9.42. The Hall–Kier alpha value is -4.46. The first-order valence-corrected chi connectivity index (χ1v) is 11.4. The lowest BCUT2D eigenvalue weighted by Crippen LogP contribution is -2.34. The highest BCUT2D eigenvalue weighted by Gasteiger charge is 2.15. The number of hydrazine groups is 1. The fourth-order valence-electron chi connectivity index (χ4n) is 4.31. The summed E-state index contributed by atoms with van der Waals surface area (Å²) in [6.45, 7) is 2.25. The Morgan fingerprint density at radius 3 is 2.49 bits per heavy atom. The summed E-state index contributed by atoms with van der Waals surface area (Å²) in [4.78, 5) is 33.4. The minimum Gasteiger partial charge on any atom is -0.354 e. The number of hydrogen-bond acceptors (Lipinski definition) is 4. The lowest BCUT2D eigenvalue weighted by atomic mass is 10.0. The van der Waals surface area contributed by atoms with Gasteiger partial charge in [-0.05, 0) is 66.9 Å². The summed E-state index contributed by atoms with van der Waals surface area (Å²) < 4.78 is 14.9. The van der Waals surface area contributed by atoms with Gasteiger partial charge in [0, 0.05) is 29.6 Å². The Bertz CT molecular complexity index is 1590. The monoisotopic (exact) mass is 469 g/mol. The van der Waals surface area contributed by atoms with Gasteiger partial charge in [0.2, 0.25) is 11.9 Å². The van der Waals surface area contributed by atoms with E-state index in [2.05, 4.69) is 20.8 Å². The van der Waals surface area contributed by atoms with Crippen LogP contribution in [0.15, 0.2) is 77.6 Å². The van der Waals surface area contributed by atoms with E-state index in [4.69, 9.17) is 0 Å². The first-order chi connectivity index (χ1) is 17.0. The minimum atomic E-state index is -0.301. The van der Waals surface area contributed by atoms with Crippen LogP contribution in [0.2, 0.25) is 0 Å². The van der Waals surface area contributed by atoms with Crippen molar-refractivity contribution < 1.29 is 9.18 Å². The topological polar surface area (TPSA) is 91.8 Å². The zero-order valence-corrected chi connectivity index (χ0v) is 19.1. The Kier molecular flexibility index (Phi) is 6.01. The van der Waals surface area contributed by atoms with E-state index < -0.39 is 0 Å². The Morgan fingerprint density at radius 2 is 1.71 bits per heavy atom. The molecule has 3 N–H and O–H groups in total. The molecule has 5 rings (SSSR count). The van der Waals surface area contributed by atoms with E-state index in [0.29, 0.717) is 23.9 Å². The molecule has 0 radical (unpaired) electrons. The van der Waals surface area contributed by atoms with E-state index in [1.165, 1.54) is 16.7 Å². The van der Waals surface area contributed by atoms with E-state index in [-0.39, 0.29) is 29.7 Å². The fraction of sp³-hybridized carbons (Fsp3) is 0.148. The summed E-state index contributed by atoms with van der Waals surface area (Å²) in [7, 11) is 0. The molecule has 3 aromatic carbocycles. The maximum absolute atomic E-state index is 13.5. The van der Waals surface area contributed by atoms with Crippen LogP contribution in [0.4, 0.5) is 10.3 Å². The van der Waals surface area contributed by atoms with Crippen molar-refractivity contribution in [2.45, 2.75) is 26.3 Å². The molecule has 0 saturated heterocycles. The number of rotatable bonds is 7. The number of nitrogens with one attached hydrogen (secondary N) is 3. The van der Waals surface area contributed by atoms with Crippen LogP contribution in [0.25, 0.3) is 33.1 Å². The molecule has 0 aliphatic carbocycles. The van der Waals surface area contributed by atoms with Crippen molar-refractivity contribution in [2.75, 3.05) is 5.43 Å². The number of aromatic amines is 1. The van der Waals surface area contributed by atoms with E-state index in [0.717, 1.165) is 27.7 Å². The van der Waals surface area contributed by atoms with Gasteiger partial charge in [-0.15, -0.1) is 0 Å². The normalized spacial score (nSPS) is 11.1. The first-order valence-electron chi connectivity index (χ1n) is 11.4. The van der Waals surface area contributed by atoms with E-state index in [1.54, 1.807) is 30.3 Å². The Morgan fingerprint density at radius 1 is 1.00 bits per heavy atom. The number of amides is 1. The smallest absolute Gasteiger partial charge is 0.262 e. The molecule has 1 amide bonds. The van der Waals surface area contributed by atoms with Crippen LogP contribution >= 0.6 is 0 Å². The number of nitrogens with zero attached hydrogens (tertiary/aromatic N) is 2. The molecule has 5 aromatic rings. The molecule has 0 bridgehead atoms. The van der Waals surface area contributed by atoms with Crippen molar-refractivity contribution in [1.29, 1.82) is 0 Å². The van der Waals surface area contributed by atoms with E-state index in [9.17, 15) is 14.0 Å². The molecule has 35 heavy (non-hydrogen) atoms. The quantitative estimate of drug-likeness (QED) is 0.299. The van der Waals surface area contributed by atoms with Gasteiger partial charge in [-0.3, -0.25) is 25.0 Å². The summed E-state index contributed by atoms with van der Waals surface area (Å²) in [5.41, 5.74) is 9.53. The summed E-state index contributed by atoms with van der Waals surface area (Å²) in [6, 6.07) is 21.3. The number of aromatic nitrogens is 3. The Balaban J connectivity index is 1.35. The molecular weight excluding hydrogens is 445 g/mol. The molecule has 0 aliphatic rings. The summed E-state index contributed by atoms with van der Waals surface area (Å²) in [6.07, 6.45) is 0.670. The summed E-state index contributed by atoms with van der Waals surface area (Å²) >= 11 is 0. The summed E-state index contributed by atoms with van der Waals surface area (Å²) in [5.74, 6) is -0.265. The zero-order chi connectivity index (χ0) is 24.4. The van der Waals surface area contributed by atoms with Gasteiger partial charge in [-0.2, -0.15) is 0 Å². The van der Waals surface area contributed by atoms with Gasteiger partial charge in [-0.1, -0.05) is 30.3 Å². The second-order valence-electron chi connectivity index (χ2n) is 8.21. The van der Waals surface area contributed by atoms with Gasteiger partial charge in [0.15, 0.2) is 0 Å². The molecule has 0 atom stereocenters. The van der Waals surface area contributed by atoms with Crippen molar-refractivity contribution in [3.8, 4) is 11.3 Å². The second-order valence-corrected chi connectivity index (χ2v) is 8.21. The number of para-hydroxylation sites is 2. The number of H-pyrrole nitrogens is 1. The van der Waals surface area contributed by atoms with Crippen LogP contribution in [0.1, 0.15) is 18.9 Å². The highest BCUT2D eigenvalue weighted by Crippen LogP contribution is 2.31. The van der Waals surface area contributed by atoms with Crippen LogP contribution in [0, 0.1) is 5.82 Å². The number of carbonyl (C=O) groups excluding carboxylic acids is 1. The van der Waals surface area contributed by atoms with Crippen molar-refractivity contribution in [2.24, 2.45) is 0 Å². The third-order valence-corrected chi connectivity index (χ3v) is 6.04. The van der Waals surface area contributed by atoms with E-state index >= 15 is 0 Å². The van der Waals surface area contributed by atoms with Crippen molar-refractivity contribution in [3.63, 3.8) is 0 Å². The van der Waals surface area contributed by atoms with Crippen LogP contribution in [0.3, 0.4) is 0 Å². The molecule has 8 heteroatoms. The molecular formula is C27H24FN5O2. The van der Waals surface area contributed by atoms with Gasteiger partial charge in [-0.25, -0.2) is 9.37 Å². The first kappa shape index (κ1) is 22.3. The number of aryl methyl sites for hydroxylation is 1. The number of hydrogen-bond donors (Lipinski definition) is 3. The number of fused-ring (bicyclic) bond motifs is 2. The molecule has 176 valence electrons. The minimum absolute atomic E-state index is 0.169. The van der Waals surface area contributed by atoms with Gasteiger partial charge in [0.25, 0.3) is 5.56 Å². The molecule has 0 fully saturated rings. The average Bonchev–Trinajstić information content (AvgIpc) is 3.25. The number of halogens is 1.